The van der Waals surface area contributed by atoms with Crippen LogP contribution in [-0.2, 0) is 14.2 Å². The van der Waals surface area contributed by atoms with Gasteiger partial charge in [0, 0.05) is 13.2 Å². The Kier molecular flexibility index (Phi) is 10.8. The number of rotatable bonds is 11. The second-order valence-electron chi connectivity index (χ2n) is 4.36. The summed E-state index contributed by atoms with van der Waals surface area (Å²) in [5.74, 6) is 0. The highest BCUT2D eigenvalue weighted by atomic mass is 16.6. The van der Waals surface area contributed by atoms with Gasteiger partial charge in [0.15, 0.2) is 0 Å². The summed E-state index contributed by atoms with van der Waals surface area (Å²) < 4.78 is 16.5. The molecule has 0 radical (unpaired) electrons. The molecule has 0 aromatic carbocycles. The van der Waals surface area contributed by atoms with Gasteiger partial charge in [-0.05, 0) is 35.1 Å². The third-order valence-corrected chi connectivity index (χ3v) is 2.25. The predicted molar refractivity (Wildman–Crippen MR) is 69.3 cm³/mol. The lowest BCUT2D eigenvalue weighted by Gasteiger charge is -2.23. The zero-order chi connectivity index (χ0) is 13.1. The third kappa shape index (κ3) is 10.7. The maximum absolute atomic E-state index is 5.52. The van der Waals surface area contributed by atoms with E-state index in [1.54, 1.807) is 0 Å². The molecule has 0 fully saturated rings. The van der Waals surface area contributed by atoms with Crippen molar-refractivity contribution in [1.29, 1.82) is 0 Å². The number of nitrogens with zero attached hydrogens (tertiary/aromatic N) is 2. The zero-order valence-electron chi connectivity index (χ0n) is 11.9. The molecule has 1 unspecified atom stereocenters. The normalized spacial score (nSPS) is 13.6. The fourth-order valence-electron chi connectivity index (χ4n) is 1.19. The van der Waals surface area contributed by atoms with Crippen LogP contribution in [0.5, 0.6) is 0 Å². The van der Waals surface area contributed by atoms with E-state index in [2.05, 4.69) is 4.90 Å². The van der Waals surface area contributed by atoms with Gasteiger partial charge < -0.3 is 19.1 Å². The summed E-state index contributed by atoms with van der Waals surface area (Å²) in [5.41, 5.74) is 0. The molecule has 1 atom stereocenters. The average Bonchev–Trinajstić information content (AvgIpc) is 2.25. The first-order chi connectivity index (χ1) is 8.07. The molecule has 0 saturated carbocycles. The molecular weight excluding hydrogens is 220 g/mol. The molecule has 17 heavy (non-hydrogen) atoms. The molecule has 0 aromatic rings. The second-order valence-corrected chi connectivity index (χ2v) is 4.36. The van der Waals surface area contributed by atoms with Gasteiger partial charge in [-0.15, -0.1) is 0 Å². The molecule has 0 saturated heterocycles. The van der Waals surface area contributed by atoms with E-state index in [9.17, 15) is 0 Å². The Labute approximate surface area is 106 Å². The molecule has 0 spiro atoms. The van der Waals surface area contributed by atoms with E-state index in [0.29, 0.717) is 26.4 Å². The molecule has 0 bridgehead atoms. The average molecular weight is 248 g/mol. The van der Waals surface area contributed by atoms with Gasteiger partial charge in [-0.1, -0.05) is 0 Å². The monoisotopic (exact) mass is 248 g/mol. The van der Waals surface area contributed by atoms with E-state index in [1.165, 1.54) is 0 Å². The van der Waals surface area contributed by atoms with Crippen LogP contribution in [0.1, 0.15) is 6.92 Å². The van der Waals surface area contributed by atoms with Gasteiger partial charge >= 0.3 is 0 Å². The number of likely N-dealkylation sites (N-methyl/N-ethyl adjacent to an activating group) is 2. The van der Waals surface area contributed by atoms with Crippen molar-refractivity contribution in [1.82, 2.24) is 9.80 Å². The van der Waals surface area contributed by atoms with Crippen LogP contribution in [-0.4, -0.2) is 83.8 Å². The molecule has 0 amide bonds. The van der Waals surface area contributed by atoms with Crippen molar-refractivity contribution < 1.29 is 14.2 Å². The molecule has 104 valence electrons. The molecule has 0 rings (SSSR count). The zero-order valence-corrected chi connectivity index (χ0v) is 11.9. The standard InChI is InChI=1S/C12H28N2O3/c1-6-17-12(14(4)5)11-16-10-9-15-8-7-13(2)3/h12H,6-11H2,1-5H3. The fourth-order valence-corrected chi connectivity index (χ4v) is 1.19. The quantitative estimate of drug-likeness (QED) is 0.393. The van der Waals surface area contributed by atoms with Gasteiger partial charge in [0.05, 0.1) is 26.4 Å². The molecule has 0 aliphatic rings. The van der Waals surface area contributed by atoms with Crippen molar-refractivity contribution in [2.45, 2.75) is 13.2 Å². The van der Waals surface area contributed by atoms with Gasteiger partial charge in [0.2, 0.25) is 0 Å². The lowest BCUT2D eigenvalue weighted by Crippen LogP contribution is -2.35. The van der Waals surface area contributed by atoms with Gasteiger partial charge in [-0.3, -0.25) is 4.90 Å². The third-order valence-electron chi connectivity index (χ3n) is 2.25. The van der Waals surface area contributed by atoms with Crippen LogP contribution in [0, 0.1) is 0 Å². The Hall–Kier alpha value is -0.200. The van der Waals surface area contributed by atoms with Gasteiger partial charge in [-0.2, -0.15) is 0 Å². The number of ether oxygens (including phenoxy) is 3. The smallest absolute Gasteiger partial charge is 0.133 e. The Morgan fingerprint density at radius 1 is 0.941 bits per heavy atom. The first-order valence-electron chi connectivity index (χ1n) is 6.16. The number of hydrogen-bond acceptors (Lipinski definition) is 5. The van der Waals surface area contributed by atoms with Crippen molar-refractivity contribution in [3.63, 3.8) is 0 Å². The molecular formula is C12H28N2O3. The molecule has 5 nitrogen and oxygen atoms in total. The number of hydrogen-bond donors (Lipinski definition) is 0. The van der Waals surface area contributed by atoms with Crippen LogP contribution in [0.25, 0.3) is 0 Å². The van der Waals surface area contributed by atoms with E-state index in [0.717, 1.165) is 13.2 Å². The van der Waals surface area contributed by atoms with E-state index in [4.69, 9.17) is 14.2 Å². The minimum atomic E-state index is 0.0294. The lowest BCUT2D eigenvalue weighted by atomic mass is 10.5. The minimum Gasteiger partial charge on any atom is -0.378 e. The Morgan fingerprint density at radius 3 is 2.12 bits per heavy atom. The van der Waals surface area contributed by atoms with Crippen LogP contribution in [0.2, 0.25) is 0 Å². The molecule has 0 heterocycles. The maximum Gasteiger partial charge on any atom is 0.133 e. The topological polar surface area (TPSA) is 34.2 Å². The highest BCUT2D eigenvalue weighted by Crippen LogP contribution is 1.96. The van der Waals surface area contributed by atoms with E-state index in [1.807, 2.05) is 40.0 Å². The van der Waals surface area contributed by atoms with Crippen LogP contribution < -0.4 is 0 Å². The van der Waals surface area contributed by atoms with Crippen molar-refractivity contribution in [3.05, 3.63) is 0 Å². The van der Waals surface area contributed by atoms with Gasteiger partial charge in [0.25, 0.3) is 0 Å². The molecule has 5 heteroatoms. The molecule has 0 N–H and O–H groups in total. The Bertz CT molecular complexity index is 166. The van der Waals surface area contributed by atoms with Crippen molar-refractivity contribution in [2.75, 3.05) is 67.8 Å². The molecule has 0 aliphatic heterocycles. The summed E-state index contributed by atoms with van der Waals surface area (Å²) in [7, 11) is 8.03. The SMILES string of the molecule is CCOC(COCCOCCN(C)C)N(C)C. The summed E-state index contributed by atoms with van der Waals surface area (Å²) in [4.78, 5) is 4.11. The summed E-state index contributed by atoms with van der Waals surface area (Å²) in [6.07, 6.45) is 0.0294. The van der Waals surface area contributed by atoms with Crippen molar-refractivity contribution >= 4 is 0 Å². The van der Waals surface area contributed by atoms with E-state index >= 15 is 0 Å². The highest BCUT2D eigenvalue weighted by Gasteiger charge is 2.10. The molecule has 0 aromatic heterocycles. The predicted octanol–water partition coefficient (Wildman–Crippen LogP) is 0.505. The Morgan fingerprint density at radius 2 is 1.59 bits per heavy atom. The lowest BCUT2D eigenvalue weighted by molar-refractivity contribution is -0.0870. The van der Waals surface area contributed by atoms with Crippen molar-refractivity contribution in [3.8, 4) is 0 Å². The van der Waals surface area contributed by atoms with Crippen LogP contribution in [0.3, 0.4) is 0 Å². The largest absolute Gasteiger partial charge is 0.378 e. The van der Waals surface area contributed by atoms with Crippen LogP contribution in [0.4, 0.5) is 0 Å². The first kappa shape index (κ1) is 16.8. The summed E-state index contributed by atoms with van der Waals surface area (Å²) in [5, 5.41) is 0. The van der Waals surface area contributed by atoms with E-state index in [-0.39, 0.29) is 6.23 Å². The van der Waals surface area contributed by atoms with E-state index < -0.39 is 0 Å². The van der Waals surface area contributed by atoms with Crippen molar-refractivity contribution in [2.24, 2.45) is 0 Å². The van der Waals surface area contributed by atoms with Crippen LogP contribution >= 0.6 is 0 Å². The summed E-state index contributed by atoms with van der Waals surface area (Å²) in [6.45, 7) is 6.22. The Balaban J connectivity index is 3.36. The fraction of sp³-hybridized carbons (Fsp3) is 1.00. The summed E-state index contributed by atoms with van der Waals surface area (Å²) in [6, 6.07) is 0. The highest BCUT2D eigenvalue weighted by molar-refractivity contribution is 4.52. The van der Waals surface area contributed by atoms with Crippen LogP contribution in [0.15, 0.2) is 0 Å². The summed E-state index contributed by atoms with van der Waals surface area (Å²) >= 11 is 0. The second kappa shape index (κ2) is 10.9. The van der Waals surface area contributed by atoms with Gasteiger partial charge in [-0.25, -0.2) is 0 Å². The minimum absolute atomic E-state index is 0.0294. The molecule has 0 aliphatic carbocycles. The van der Waals surface area contributed by atoms with Gasteiger partial charge in [0.1, 0.15) is 6.23 Å². The first-order valence-corrected chi connectivity index (χ1v) is 6.16. The maximum atomic E-state index is 5.52.